The van der Waals surface area contributed by atoms with Crippen LogP contribution in [0.3, 0.4) is 0 Å². The van der Waals surface area contributed by atoms with Crippen LogP contribution in [-0.2, 0) is 4.79 Å². The van der Waals surface area contributed by atoms with E-state index in [4.69, 9.17) is 0 Å². The van der Waals surface area contributed by atoms with Crippen LogP contribution in [-0.4, -0.2) is 27.0 Å². The molecule has 0 aliphatic heterocycles. The van der Waals surface area contributed by atoms with Gasteiger partial charge in [-0.25, -0.2) is 0 Å². The first-order valence-electron chi connectivity index (χ1n) is 5.42. The minimum atomic E-state index is -5.25. The Hall–Kier alpha value is -3.18. The van der Waals surface area contributed by atoms with E-state index in [1.165, 1.54) is 5.32 Å². The zero-order valence-corrected chi connectivity index (χ0v) is 10.3. The molecule has 1 amide bonds. The van der Waals surface area contributed by atoms with Gasteiger partial charge in [0, 0.05) is 6.07 Å². The van der Waals surface area contributed by atoms with Gasteiger partial charge in [-0.3, -0.25) is 24.5 Å². The van der Waals surface area contributed by atoms with Crippen molar-refractivity contribution in [1.29, 1.82) is 0 Å². The van der Waals surface area contributed by atoms with Crippen LogP contribution < -0.4 is 16.4 Å². The molecule has 0 bridgehead atoms. The first-order valence-corrected chi connectivity index (χ1v) is 5.42. The Bertz CT molecular complexity index is 898. The highest BCUT2D eigenvalue weighted by molar-refractivity contribution is 5.99. The van der Waals surface area contributed by atoms with Crippen molar-refractivity contribution in [2.45, 2.75) is 6.18 Å². The van der Waals surface area contributed by atoms with Crippen molar-refractivity contribution in [2.24, 2.45) is 0 Å². The lowest BCUT2D eigenvalue weighted by Crippen LogP contribution is -2.31. The third kappa shape index (κ3) is 2.79. The van der Waals surface area contributed by atoms with E-state index in [2.05, 4.69) is 0 Å². The van der Waals surface area contributed by atoms with Crippen LogP contribution in [0.1, 0.15) is 0 Å². The molecule has 1 heterocycles. The zero-order valence-electron chi connectivity index (χ0n) is 10.3. The van der Waals surface area contributed by atoms with Crippen LogP contribution in [0.4, 0.5) is 24.5 Å². The van der Waals surface area contributed by atoms with Gasteiger partial charge in [0.25, 0.3) is 5.69 Å². The number of nitro benzene ring substituents is 1. The van der Waals surface area contributed by atoms with Crippen LogP contribution in [0.2, 0.25) is 0 Å². The first-order chi connectivity index (χ1) is 10.1. The van der Waals surface area contributed by atoms with Gasteiger partial charge in [-0.05, 0) is 6.07 Å². The highest BCUT2D eigenvalue weighted by Crippen LogP contribution is 2.29. The van der Waals surface area contributed by atoms with Crippen LogP contribution >= 0.6 is 0 Å². The lowest BCUT2D eigenvalue weighted by atomic mass is 10.2. The number of H-pyrrole nitrogens is 2. The van der Waals surface area contributed by atoms with Crippen molar-refractivity contribution in [3.05, 3.63) is 43.0 Å². The van der Waals surface area contributed by atoms with Gasteiger partial charge < -0.3 is 15.3 Å². The molecule has 116 valence electrons. The second kappa shape index (κ2) is 4.98. The van der Waals surface area contributed by atoms with Crippen molar-refractivity contribution in [3.63, 3.8) is 0 Å². The molecule has 1 aromatic carbocycles. The summed E-state index contributed by atoms with van der Waals surface area (Å²) in [5, 5.41) is 12.2. The number of nitrogens with one attached hydrogen (secondary N) is 3. The summed E-state index contributed by atoms with van der Waals surface area (Å²) in [6.45, 7) is 0. The molecule has 0 aliphatic carbocycles. The van der Waals surface area contributed by atoms with Gasteiger partial charge in [0.15, 0.2) is 0 Å². The van der Waals surface area contributed by atoms with Gasteiger partial charge in [0.05, 0.1) is 16.0 Å². The average molecular weight is 318 g/mol. The summed E-state index contributed by atoms with van der Waals surface area (Å²) >= 11 is 0. The monoisotopic (exact) mass is 318 g/mol. The Labute approximate surface area is 116 Å². The summed E-state index contributed by atoms with van der Waals surface area (Å²) in [4.78, 5) is 47.0. The number of rotatable bonds is 2. The van der Waals surface area contributed by atoms with E-state index in [0.717, 1.165) is 12.1 Å². The predicted molar refractivity (Wildman–Crippen MR) is 66.5 cm³/mol. The molecule has 0 unspecified atom stereocenters. The number of anilines is 1. The van der Waals surface area contributed by atoms with Crippen LogP contribution in [0.15, 0.2) is 21.7 Å². The quantitative estimate of drug-likeness (QED) is 0.423. The molecular formula is C10H5F3N4O5. The molecule has 1 aromatic heterocycles. The normalized spacial score (nSPS) is 11.4. The fourth-order valence-electron chi connectivity index (χ4n) is 1.60. The summed E-state index contributed by atoms with van der Waals surface area (Å²) in [5.41, 5.74) is -4.22. The van der Waals surface area contributed by atoms with Crippen LogP contribution in [0, 0.1) is 10.1 Å². The maximum atomic E-state index is 12.2. The number of amides is 1. The van der Waals surface area contributed by atoms with Crippen molar-refractivity contribution in [1.82, 2.24) is 9.97 Å². The number of nitro groups is 1. The molecule has 0 fully saturated rings. The molecule has 0 spiro atoms. The molecule has 2 aromatic rings. The summed E-state index contributed by atoms with van der Waals surface area (Å²) in [6.07, 6.45) is -5.25. The number of benzene rings is 1. The fraction of sp³-hybridized carbons (Fsp3) is 0.100. The van der Waals surface area contributed by atoms with Crippen molar-refractivity contribution in [3.8, 4) is 0 Å². The molecule has 22 heavy (non-hydrogen) atoms. The third-order valence-electron chi connectivity index (χ3n) is 2.54. The van der Waals surface area contributed by atoms with Crippen molar-refractivity contribution < 1.29 is 22.9 Å². The molecule has 0 aliphatic rings. The highest BCUT2D eigenvalue weighted by atomic mass is 19.4. The largest absolute Gasteiger partial charge is 0.471 e. The Morgan fingerprint density at radius 2 is 1.64 bits per heavy atom. The van der Waals surface area contributed by atoms with Gasteiger partial charge in [0.1, 0.15) is 5.69 Å². The molecule has 12 heteroatoms. The number of aromatic amines is 2. The minimum Gasteiger partial charge on any atom is -0.316 e. The highest BCUT2D eigenvalue weighted by Gasteiger charge is 2.39. The number of aromatic nitrogens is 2. The maximum absolute atomic E-state index is 12.2. The number of hydrogen-bond acceptors (Lipinski definition) is 5. The number of hydrogen-bond donors (Lipinski definition) is 3. The second-order valence-corrected chi connectivity index (χ2v) is 4.03. The molecule has 2 rings (SSSR count). The van der Waals surface area contributed by atoms with Gasteiger partial charge in [-0.1, -0.05) is 0 Å². The molecule has 0 atom stereocenters. The number of nitrogens with zero attached hydrogens (tertiary/aromatic N) is 1. The van der Waals surface area contributed by atoms with Gasteiger partial charge in [0.2, 0.25) is 0 Å². The van der Waals surface area contributed by atoms with E-state index < -0.39 is 39.5 Å². The van der Waals surface area contributed by atoms with Crippen molar-refractivity contribution in [2.75, 3.05) is 5.32 Å². The Morgan fingerprint density at radius 1 is 1.14 bits per heavy atom. The van der Waals surface area contributed by atoms with Crippen LogP contribution in [0.25, 0.3) is 11.0 Å². The fourth-order valence-corrected chi connectivity index (χ4v) is 1.60. The summed E-state index contributed by atoms with van der Waals surface area (Å²) in [7, 11) is 0. The smallest absolute Gasteiger partial charge is 0.316 e. The predicted octanol–water partition coefficient (Wildman–Crippen LogP) is 0.625. The summed E-state index contributed by atoms with van der Waals surface area (Å²) in [5.74, 6) is -2.42. The maximum Gasteiger partial charge on any atom is 0.471 e. The van der Waals surface area contributed by atoms with Gasteiger partial charge >= 0.3 is 23.2 Å². The van der Waals surface area contributed by atoms with Crippen molar-refractivity contribution >= 4 is 28.3 Å². The SMILES string of the molecule is O=C(Nc1cc2[nH]c(=O)c(=O)[nH]c2cc1[N+](=O)[O-])C(F)(F)F. The number of alkyl halides is 3. The topological polar surface area (TPSA) is 138 Å². The number of carbonyl (C=O) groups excluding carboxylic acids is 1. The van der Waals surface area contributed by atoms with Crippen LogP contribution in [0.5, 0.6) is 0 Å². The summed E-state index contributed by atoms with van der Waals surface area (Å²) in [6, 6.07) is 1.47. The molecular weight excluding hydrogens is 313 g/mol. The molecule has 0 radical (unpaired) electrons. The zero-order chi connectivity index (χ0) is 16.7. The van der Waals surface area contributed by atoms with E-state index in [-0.39, 0.29) is 11.0 Å². The van der Waals surface area contributed by atoms with E-state index in [1.807, 2.05) is 9.97 Å². The molecule has 9 nitrogen and oxygen atoms in total. The van der Waals surface area contributed by atoms with E-state index in [1.54, 1.807) is 0 Å². The third-order valence-corrected chi connectivity index (χ3v) is 2.54. The molecule has 0 saturated carbocycles. The number of halogens is 3. The van der Waals surface area contributed by atoms with Gasteiger partial charge in [-0.15, -0.1) is 0 Å². The minimum absolute atomic E-state index is 0.179. The number of fused-ring (bicyclic) bond motifs is 1. The Balaban J connectivity index is 2.66. The lowest BCUT2D eigenvalue weighted by Gasteiger charge is -2.09. The first kappa shape index (κ1) is 15.2. The Kier molecular flexibility index (Phi) is 3.44. The van der Waals surface area contributed by atoms with E-state index in [0.29, 0.717) is 0 Å². The second-order valence-electron chi connectivity index (χ2n) is 4.03. The summed E-state index contributed by atoms with van der Waals surface area (Å²) < 4.78 is 36.6. The average Bonchev–Trinajstić information content (AvgIpc) is 2.38. The molecule has 3 N–H and O–H groups in total. The Morgan fingerprint density at radius 3 is 2.09 bits per heavy atom. The number of carbonyl (C=O) groups is 1. The standard InChI is InChI=1S/C10H5F3N4O5/c11-10(12,13)9(20)16-5-1-3-4(2-6(5)17(21)22)15-8(19)7(18)14-3/h1-2H,(H,14,18)(H,15,19)(H,16,20). The lowest BCUT2D eigenvalue weighted by molar-refractivity contribution is -0.383. The van der Waals surface area contributed by atoms with E-state index in [9.17, 15) is 37.7 Å². The molecule has 0 saturated heterocycles. The van der Waals surface area contributed by atoms with E-state index >= 15 is 0 Å². The van der Waals surface area contributed by atoms with Gasteiger partial charge in [-0.2, -0.15) is 13.2 Å².